The number of nitrogens with one attached hydrogen (secondary N) is 2. The first kappa shape index (κ1) is 16.3. The standard InChI is InChI=1S/C18H26N2O3/c21-18(19-12-17-13-22-10-11-23-17)20-16-8-6-15(7-9-16)14-4-2-1-3-5-14/h1-5,15-17H,6-13H2,(H2,19,20,21)/t15?,16?,17-/m1/s1. The van der Waals surface area contributed by atoms with Gasteiger partial charge in [-0.2, -0.15) is 0 Å². The number of carbonyl (C=O) groups excluding carboxylic acids is 1. The number of hydrogen-bond acceptors (Lipinski definition) is 3. The van der Waals surface area contributed by atoms with Crippen LogP contribution in [0.1, 0.15) is 37.2 Å². The second-order valence-corrected chi connectivity index (χ2v) is 6.38. The number of urea groups is 1. The van der Waals surface area contributed by atoms with Gasteiger partial charge in [-0.15, -0.1) is 0 Å². The van der Waals surface area contributed by atoms with Crippen molar-refractivity contribution >= 4 is 6.03 Å². The van der Waals surface area contributed by atoms with E-state index in [2.05, 4.69) is 41.0 Å². The van der Waals surface area contributed by atoms with E-state index in [0.717, 1.165) is 25.7 Å². The lowest BCUT2D eigenvalue weighted by Gasteiger charge is -2.30. The van der Waals surface area contributed by atoms with Crippen LogP contribution in [-0.2, 0) is 9.47 Å². The van der Waals surface area contributed by atoms with Crippen LogP contribution in [0.4, 0.5) is 4.79 Å². The Kier molecular flexibility index (Phi) is 5.88. The number of carbonyl (C=O) groups is 1. The zero-order valence-corrected chi connectivity index (χ0v) is 13.5. The average Bonchev–Trinajstić information content (AvgIpc) is 2.62. The van der Waals surface area contributed by atoms with Crippen molar-refractivity contribution in [3.8, 4) is 0 Å². The van der Waals surface area contributed by atoms with Crippen LogP contribution in [0.25, 0.3) is 0 Å². The molecule has 3 rings (SSSR count). The summed E-state index contributed by atoms with van der Waals surface area (Å²) in [5.74, 6) is 0.630. The Morgan fingerprint density at radius 3 is 2.57 bits per heavy atom. The Morgan fingerprint density at radius 2 is 1.87 bits per heavy atom. The van der Waals surface area contributed by atoms with Crippen molar-refractivity contribution in [3.63, 3.8) is 0 Å². The molecule has 0 unspecified atom stereocenters. The molecular weight excluding hydrogens is 292 g/mol. The molecule has 2 aliphatic rings. The minimum Gasteiger partial charge on any atom is -0.376 e. The Bertz CT molecular complexity index is 480. The summed E-state index contributed by atoms with van der Waals surface area (Å²) < 4.78 is 10.8. The molecule has 0 radical (unpaired) electrons. The Hall–Kier alpha value is -1.59. The second kappa shape index (κ2) is 8.31. The lowest BCUT2D eigenvalue weighted by atomic mass is 9.82. The van der Waals surface area contributed by atoms with Crippen LogP contribution < -0.4 is 10.6 Å². The molecule has 0 bridgehead atoms. The third-order valence-corrected chi connectivity index (χ3v) is 4.71. The average molecular weight is 318 g/mol. The summed E-state index contributed by atoms with van der Waals surface area (Å²) in [7, 11) is 0. The Labute approximate surface area is 137 Å². The van der Waals surface area contributed by atoms with E-state index in [1.54, 1.807) is 0 Å². The summed E-state index contributed by atoms with van der Waals surface area (Å²) in [6, 6.07) is 10.9. The van der Waals surface area contributed by atoms with Gasteiger partial charge in [-0.3, -0.25) is 0 Å². The molecule has 2 amide bonds. The maximum Gasteiger partial charge on any atom is 0.315 e. The van der Waals surface area contributed by atoms with Crippen LogP contribution in [-0.4, -0.2) is 44.5 Å². The van der Waals surface area contributed by atoms with Crippen molar-refractivity contribution < 1.29 is 14.3 Å². The van der Waals surface area contributed by atoms with Crippen LogP contribution in [0.3, 0.4) is 0 Å². The smallest absolute Gasteiger partial charge is 0.315 e. The minimum absolute atomic E-state index is 0.0247. The number of hydrogen-bond donors (Lipinski definition) is 2. The van der Waals surface area contributed by atoms with E-state index < -0.39 is 0 Å². The topological polar surface area (TPSA) is 59.6 Å². The van der Waals surface area contributed by atoms with Crippen molar-refractivity contribution in [1.29, 1.82) is 0 Å². The molecule has 0 aromatic heterocycles. The number of benzene rings is 1. The zero-order chi connectivity index (χ0) is 15.9. The molecule has 1 saturated carbocycles. The van der Waals surface area contributed by atoms with Gasteiger partial charge in [0, 0.05) is 12.6 Å². The van der Waals surface area contributed by atoms with Gasteiger partial charge < -0.3 is 20.1 Å². The van der Waals surface area contributed by atoms with E-state index in [9.17, 15) is 4.79 Å². The van der Waals surface area contributed by atoms with Gasteiger partial charge in [0.1, 0.15) is 0 Å². The molecule has 1 aliphatic heterocycles. The van der Waals surface area contributed by atoms with Crippen molar-refractivity contribution in [2.45, 2.75) is 43.7 Å². The highest BCUT2D eigenvalue weighted by Gasteiger charge is 2.23. The molecule has 5 nitrogen and oxygen atoms in total. The molecule has 1 aromatic carbocycles. The first-order valence-electron chi connectivity index (χ1n) is 8.60. The van der Waals surface area contributed by atoms with Crippen LogP contribution in [0.5, 0.6) is 0 Å². The fourth-order valence-corrected chi connectivity index (χ4v) is 3.39. The van der Waals surface area contributed by atoms with E-state index in [0.29, 0.717) is 32.3 Å². The van der Waals surface area contributed by atoms with Crippen LogP contribution in [0.15, 0.2) is 30.3 Å². The molecule has 1 atom stereocenters. The first-order chi connectivity index (χ1) is 11.3. The lowest BCUT2D eigenvalue weighted by molar-refractivity contribution is -0.0853. The quantitative estimate of drug-likeness (QED) is 0.896. The summed E-state index contributed by atoms with van der Waals surface area (Å²) in [6.07, 6.45) is 4.32. The fourth-order valence-electron chi connectivity index (χ4n) is 3.39. The van der Waals surface area contributed by atoms with Gasteiger partial charge in [-0.25, -0.2) is 4.79 Å². The highest BCUT2D eigenvalue weighted by molar-refractivity contribution is 5.74. The normalized spacial score (nSPS) is 28.1. The van der Waals surface area contributed by atoms with E-state index >= 15 is 0 Å². The van der Waals surface area contributed by atoms with Gasteiger partial charge in [0.15, 0.2) is 0 Å². The Balaban J connectivity index is 1.36. The fraction of sp³-hybridized carbons (Fsp3) is 0.611. The lowest BCUT2D eigenvalue weighted by Crippen LogP contribution is -2.47. The monoisotopic (exact) mass is 318 g/mol. The van der Waals surface area contributed by atoms with Crippen molar-refractivity contribution in [1.82, 2.24) is 10.6 Å². The SMILES string of the molecule is O=C(NC[C@@H]1COCCO1)NC1CCC(c2ccccc2)CC1. The predicted octanol–water partition coefficient (Wildman–Crippen LogP) is 2.43. The van der Waals surface area contributed by atoms with Crippen molar-refractivity contribution in [3.05, 3.63) is 35.9 Å². The maximum absolute atomic E-state index is 12.0. The summed E-state index contributed by atoms with van der Waals surface area (Å²) in [5.41, 5.74) is 1.42. The molecule has 1 heterocycles. The maximum atomic E-state index is 12.0. The zero-order valence-electron chi connectivity index (χ0n) is 13.5. The Morgan fingerprint density at radius 1 is 1.09 bits per heavy atom. The second-order valence-electron chi connectivity index (χ2n) is 6.38. The number of rotatable bonds is 4. The van der Waals surface area contributed by atoms with Crippen LogP contribution >= 0.6 is 0 Å². The summed E-state index contributed by atoms with van der Waals surface area (Å²) >= 11 is 0. The summed E-state index contributed by atoms with van der Waals surface area (Å²) in [4.78, 5) is 12.0. The highest BCUT2D eigenvalue weighted by Crippen LogP contribution is 2.32. The number of ether oxygens (including phenoxy) is 2. The van der Waals surface area contributed by atoms with Gasteiger partial charge >= 0.3 is 6.03 Å². The molecule has 1 aliphatic carbocycles. The highest BCUT2D eigenvalue weighted by atomic mass is 16.6. The van der Waals surface area contributed by atoms with Gasteiger partial charge in [0.05, 0.1) is 25.9 Å². The predicted molar refractivity (Wildman–Crippen MR) is 88.5 cm³/mol. The van der Waals surface area contributed by atoms with Crippen LogP contribution in [0.2, 0.25) is 0 Å². The van der Waals surface area contributed by atoms with E-state index in [1.807, 2.05) is 0 Å². The molecule has 1 saturated heterocycles. The van der Waals surface area contributed by atoms with Gasteiger partial charge in [0.25, 0.3) is 0 Å². The summed E-state index contributed by atoms with van der Waals surface area (Å²) in [6.45, 7) is 2.32. The summed E-state index contributed by atoms with van der Waals surface area (Å²) in [5, 5.41) is 5.97. The third-order valence-electron chi connectivity index (χ3n) is 4.71. The van der Waals surface area contributed by atoms with E-state index in [-0.39, 0.29) is 18.2 Å². The van der Waals surface area contributed by atoms with Crippen molar-refractivity contribution in [2.24, 2.45) is 0 Å². The third kappa shape index (κ3) is 4.94. The van der Waals surface area contributed by atoms with Crippen LogP contribution in [0, 0.1) is 0 Å². The van der Waals surface area contributed by atoms with Gasteiger partial charge in [-0.05, 0) is 37.2 Å². The molecule has 1 aromatic rings. The minimum atomic E-state index is -0.0951. The molecule has 23 heavy (non-hydrogen) atoms. The number of amides is 2. The van der Waals surface area contributed by atoms with E-state index in [1.165, 1.54) is 5.56 Å². The van der Waals surface area contributed by atoms with Crippen molar-refractivity contribution in [2.75, 3.05) is 26.4 Å². The first-order valence-corrected chi connectivity index (χ1v) is 8.60. The molecule has 0 spiro atoms. The molecule has 2 N–H and O–H groups in total. The molecule has 2 fully saturated rings. The molecule has 126 valence electrons. The largest absolute Gasteiger partial charge is 0.376 e. The van der Waals surface area contributed by atoms with Gasteiger partial charge in [0.2, 0.25) is 0 Å². The van der Waals surface area contributed by atoms with Gasteiger partial charge in [-0.1, -0.05) is 30.3 Å². The molecular formula is C18H26N2O3. The van der Waals surface area contributed by atoms with E-state index in [4.69, 9.17) is 9.47 Å². The molecule has 5 heteroatoms.